The summed E-state index contributed by atoms with van der Waals surface area (Å²) in [4.78, 5) is 6.04. The van der Waals surface area contributed by atoms with Gasteiger partial charge in [0, 0.05) is 20.2 Å². The summed E-state index contributed by atoms with van der Waals surface area (Å²) in [6, 6.07) is 3.33. The molecule has 1 aromatic carbocycles. The van der Waals surface area contributed by atoms with Crippen LogP contribution in [0.3, 0.4) is 0 Å². The third-order valence-corrected chi connectivity index (χ3v) is 2.26. The fraction of sp³-hybridized carbons (Fsp3) is 0.364. The molecule has 0 bridgehead atoms. The molecule has 0 aromatic heterocycles. The van der Waals surface area contributed by atoms with Gasteiger partial charge in [-0.15, -0.1) is 0 Å². The molecule has 0 saturated carbocycles. The molecule has 0 fully saturated rings. The monoisotopic (exact) mass is 226 g/mol. The van der Waals surface area contributed by atoms with Crippen molar-refractivity contribution in [3.63, 3.8) is 0 Å². The van der Waals surface area contributed by atoms with Crippen molar-refractivity contribution in [3.05, 3.63) is 22.7 Å². The van der Waals surface area contributed by atoms with Crippen LogP contribution in [0.1, 0.15) is 12.5 Å². The molecule has 15 heavy (non-hydrogen) atoms. The van der Waals surface area contributed by atoms with E-state index in [1.165, 1.54) is 6.07 Å². The van der Waals surface area contributed by atoms with E-state index in [0.717, 1.165) is 12.0 Å². The smallest absolute Gasteiger partial charge is 0.120 e. The van der Waals surface area contributed by atoms with Crippen molar-refractivity contribution in [3.8, 4) is 5.75 Å². The van der Waals surface area contributed by atoms with Gasteiger partial charge >= 0.3 is 0 Å². The Morgan fingerprint density at radius 1 is 1.47 bits per heavy atom. The minimum atomic E-state index is 0.228. The van der Waals surface area contributed by atoms with Gasteiger partial charge in [0.2, 0.25) is 0 Å². The Bertz CT molecular complexity index is 375. The normalized spacial score (nSPS) is 10.9. The molecule has 0 unspecified atom stereocenters. The highest BCUT2D eigenvalue weighted by Gasteiger charge is 2.05. The molecule has 1 aromatic rings. The van der Waals surface area contributed by atoms with Crippen molar-refractivity contribution < 1.29 is 5.11 Å². The predicted molar refractivity (Wildman–Crippen MR) is 64.3 cm³/mol. The first-order valence-corrected chi connectivity index (χ1v) is 5.14. The number of hydrogen-bond donors (Lipinski definition) is 1. The van der Waals surface area contributed by atoms with Crippen LogP contribution in [-0.4, -0.2) is 30.4 Å². The third-order valence-electron chi connectivity index (χ3n) is 1.96. The average molecular weight is 227 g/mol. The van der Waals surface area contributed by atoms with Crippen LogP contribution in [0, 0.1) is 0 Å². The average Bonchev–Trinajstić information content (AvgIpc) is 2.16. The quantitative estimate of drug-likeness (QED) is 0.636. The van der Waals surface area contributed by atoms with Crippen molar-refractivity contribution in [2.75, 3.05) is 14.1 Å². The molecule has 0 aliphatic heterocycles. The maximum atomic E-state index is 9.55. The van der Waals surface area contributed by atoms with Gasteiger partial charge in [0.25, 0.3) is 0 Å². The summed E-state index contributed by atoms with van der Waals surface area (Å²) in [6.45, 7) is 1.97. The van der Waals surface area contributed by atoms with Crippen molar-refractivity contribution in [2.45, 2.75) is 13.3 Å². The first-order chi connectivity index (χ1) is 7.04. The number of phenolic OH excluding ortho intramolecular Hbond substituents is 1. The summed E-state index contributed by atoms with van der Waals surface area (Å²) in [5.74, 6) is 0.228. The van der Waals surface area contributed by atoms with E-state index >= 15 is 0 Å². The summed E-state index contributed by atoms with van der Waals surface area (Å²) in [7, 11) is 3.77. The lowest BCUT2D eigenvalue weighted by Gasteiger charge is -2.06. The van der Waals surface area contributed by atoms with Crippen LogP contribution < -0.4 is 0 Å². The highest BCUT2D eigenvalue weighted by atomic mass is 35.5. The van der Waals surface area contributed by atoms with E-state index in [0.29, 0.717) is 10.7 Å². The number of aromatic hydroxyl groups is 1. The van der Waals surface area contributed by atoms with Crippen molar-refractivity contribution in [2.24, 2.45) is 4.99 Å². The van der Waals surface area contributed by atoms with E-state index in [1.54, 1.807) is 12.4 Å². The molecular weight excluding hydrogens is 212 g/mol. The fourth-order valence-electron chi connectivity index (χ4n) is 1.15. The second kappa shape index (κ2) is 5.03. The number of nitrogens with zero attached hydrogens (tertiary/aromatic N) is 2. The molecule has 0 amide bonds. The van der Waals surface area contributed by atoms with E-state index in [2.05, 4.69) is 4.99 Å². The van der Waals surface area contributed by atoms with Gasteiger partial charge < -0.3 is 10.0 Å². The Hall–Kier alpha value is -1.22. The second-order valence-corrected chi connectivity index (χ2v) is 3.90. The maximum absolute atomic E-state index is 9.55. The van der Waals surface area contributed by atoms with Gasteiger partial charge in [-0.1, -0.05) is 18.5 Å². The van der Waals surface area contributed by atoms with Crippen molar-refractivity contribution >= 4 is 23.6 Å². The number of benzene rings is 1. The first kappa shape index (κ1) is 11.9. The van der Waals surface area contributed by atoms with Crippen molar-refractivity contribution in [1.29, 1.82) is 0 Å². The summed E-state index contributed by atoms with van der Waals surface area (Å²) in [5.41, 5.74) is 1.53. The van der Waals surface area contributed by atoms with Gasteiger partial charge in [0.05, 0.1) is 17.0 Å². The lowest BCUT2D eigenvalue weighted by molar-refractivity contribution is 0.469. The van der Waals surface area contributed by atoms with Crippen LogP contribution >= 0.6 is 11.6 Å². The maximum Gasteiger partial charge on any atom is 0.120 e. The molecule has 3 nitrogen and oxygen atoms in total. The van der Waals surface area contributed by atoms with E-state index < -0.39 is 0 Å². The Labute approximate surface area is 95.0 Å². The zero-order valence-electron chi connectivity index (χ0n) is 9.16. The van der Waals surface area contributed by atoms with Gasteiger partial charge in [0.15, 0.2) is 0 Å². The number of rotatable bonds is 3. The number of halogens is 1. The largest absolute Gasteiger partial charge is 0.508 e. The van der Waals surface area contributed by atoms with E-state index in [1.807, 2.05) is 25.9 Å². The zero-order valence-corrected chi connectivity index (χ0v) is 9.91. The standard InChI is InChI=1S/C11H15ClN2O/c1-4-8-5-10(13-7-14(2)3)9(12)6-11(8)15/h5-7,15H,4H2,1-3H3. The second-order valence-electron chi connectivity index (χ2n) is 3.49. The molecule has 1 rings (SSSR count). The molecule has 0 aliphatic rings. The van der Waals surface area contributed by atoms with Crippen LogP contribution in [0.15, 0.2) is 17.1 Å². The van der Waals surface area contributed by atoms with Gasteiger partial charge in [-0.2, -0.15) is 0 Å². The highest BCUT2D eigenvalue weighted by molar-refractivity contribution is 6.33. The Kier molecular flexibility index (Phi) is 3.97. The van der Waals surface area contributed by atoms with Gasteiger partial charge in [-0.05, 0) is 18.1 Å². The minimum Gasteiger partial charge on any atom is -0.508 e. The minimum absolute atomic E-state index is 0.228. The molecule has 0 radical (unpaired) electrons. The van der Waals surface area contributed by atoms with Crippen LogP contribution in [0.2, 0.25) is 5.02 Å². The molecule has 82 valence electrons. The lowest BCUT2D eigenvalue weighted by atomic mass is 10.1. The molecule has 1 N–H and O–H groups in total. The SMILES string of the molecule is CCc1cc(N=CN(C)C)c(Cl)cc1O. The predicted octanol–water partition coefficient (Wildman–Crippen LogP) is 2.83. The third kappa shape index (κ3) is 3.13. The van der Waals surface area contributed by atoms with Gasteiger partial charge in [-0.3, -0.25) is 0 Å². The topological polar surface area (TPSA) is 35.8 Å². The van der Waals surface area contributed by atoms with E-state index in [9.17, 15) is 5.11 Å². The number of aryl methyl sites for hydroxylation is 1. The summed E-state index contributed by atoms with van der Waals surface area (Å²) >= 11 is 5.95. The lowest BCUT2D eigenvalue weighted by Crippen LogP contribution is -2.07. The zero-order chi connectivity index (χ0) is 11.4. The number of hydrogen-bond acceptors (Lipinski definition) is 2. The van der Waals surface area contributed by atoms with E-state index in [4.69, 9.17) is 11.6 Å². The molecule has 0 saturated heterocycles. The molecule has 0 spiro atoms. The Balaban J connectivity index is 3.07. The number of phenols is 1. The van der Waals surface area contributed by atoms with Gasteiger partial charge in [0.1, 0.15) is 5.75 Å². The summed E-state index contributed by atoms with van der Waals surface area (Å²) in [5, 5.41) is 10.0. The molecule has 0 heterocycles. The van der Waals surface area contributed by atoms with Gasteiger partial charge in [-0.25, -0.2) is 4.99 Å². The molecule has 4 heteroatoms. The molecular formula is C11H15ClN2O. The molecule has 0 atom stereocenters. The highest BCUT2D eigenvalue weighted by Crippen LogP contribution is 2.32. The number of aliphatic imine (C=N–C) groups is 1. The fourth-order valence-corrected chi connectivity index (χ4v) is 1.36. The van der Waals surface area contributed by atoms with Crippen LogP contribution in [-0.2, 0) is 6.42 Å². The summed E-state index contributed by atoms with van der Waals surface area (Å²) < 4.78 is 0. The van der Waals surface area contributed by atoms with E-state index in [-0.39, 0.29) is 5.75 Å². The summed E-state index contributed by atoms with van der Waals surface area (Å²) in [6.07, 6.45) is 2.44. The Morgan fingerprint density at radius 3 is 2.67 bits per heavy atom. The van der Waals surface area contributed by atoms with Crippen LogP contribution in [0.25, 0.3) is 0 Å². The Morgan fingerprint density at radius 2 is 2.13 bits per heavy atom. The van der Waals surface area contributed by atoms with Crippen LogP contribution in [0.4, 0.5) is 5.69 Å². The first-order valence-electron chi connectivity index (χ1n) is 4.76. The van der Waals surface area contributed by atoms with Crippen LogP contribution in [0.5, 0.6) is 5.75 Å². The molecule has 0 aliphatic carbocycles. The van der Waals surface area contributed by atoms with Crippen molar-refractivity contribution in [1.82, 2.24) is 4.90 Å².